The lowest BCUT2D eigenvalue weighted by Crippen LogP contribution is -2.45. The Balaban J connectivity index is 3.44. The van der Waals surface area contributed by atoms with Gasteiger partial charge in [0.15, 0.2) is 0 Å². The number of rotatable bonds is 50. The topological polar surface area (TPSA) is 95.9 Å². The van der Waals surface area contributed by atoms with Crippen molar-refractivity contribution in [3.63, 3.8) is 0 Å². The number of ether oxygens (including phenoxy) is 1. The van der Waals surface area contributed by atoms with Crippen molar-refractivity contribution in [2.75, 3.05) is 13.2 Å². The zero-order chi connectivity index (χ0) is 45.1. The Bertz CT molecular complexity index is 1010. The third-order valence-electron chi connectivity index (χ3n) is 12.4. The van der Waals surface area contributed by atoms with Crippen LogP contribution in [0.5, 0.6) is 0 Å². The number of amides is 1. The summed E-state index contributed by atoms with van der Waals surface area (Å²) < 4.78 is 5.45. The lowest BCUT2D eigenvalue weighted by atomic mass is 10.0. The predicted molar refractivity (Wildman–Crippen MR) is 269 cm³/mol. The van der Waals surface area contributed by atoms with Crippen molar-refractivity contribution in [3.8, 4) is 0 Å². The van der Waals surface area contributed by atoms with E-state index in [9.17, 15) is 19.8 Å². The van der Waals surface area contributed by atoms with Crippen LogP contribution in [0.3, 0.4) is 0 Å². The molecule has 0 radical (unpaired) electrons. The molecule has 0 heterocycles. The maximum absolute atomic E-state index is 12.4. The van der Waals surface area contributed by atoms with Gasteiger partial charge in [0.2, 0.25) is 5.91 Å². The summed E-state index contributed by atoms with van der Waals surface area (Å²) in [5, 5.41) is 23.0. The minimum Gasteiger partial charge on any atom is -0.466 e. The summed E-state index contributed by atoms with van der Waals surface area (Å²) in [5.74, 6) is -0.0786. The average molecular weight is 872 g/mol. The molecule has 0 aromatic heterocycles. The van der Waals surface area contributed by atoms with E-state index in [0.717, 1.165) is 51.4 Å². The molecule has 62 heavy (non-hydrogen) atoms. The highest BCUT2D eigenvalue weighted by atomic mass is 16.5. The van der Waals surface area contributed by atoms with Crippen LogP contribution < -0.4 is 5.32 Å². The minimum absolute atomic E-state index is 0.00235. The summed E-state index contributed by atoms with van der Waals surface area (Å²) in [6, 6.07) is -0.632. The largest absolute Gasteiger partial charge is 0.466 e. The molecule has 0 fully saturated rings. The van der Waals surface area contributed by atoms with E-state index in [1.54, 1.807) is 6.08 Å². The molecule has 0 saturated heterocycles. The second-order valence-electron chi connectivity index (χ2n) is 18.5. The highest BCUT2D eigenvalue weighted by Crippen LogP contribution is 2.15. The highest BCUT2D eigenvalue weighted by molar-refractivity contribution is 5.76. The molecule has 0 aliphatic rings. The van der Waals surface area contributed by atoms with Crippen LogP contribution in [0, 0.1) is 0 Å². The van der Waals surface area contributed by atoms with Crippen molar-refractivity contribution >= 4 is 11.9 Å². The normalized spacial score (nSPS) is 12.9. The third-order valence-corrected chi connectivity index (χ3v) is 12.4. The number of unbranched alkanes of at least 4 members (excludes halogenated alkanes) is 35. The van der Waals surface area contributed by atoms with E-state index in [2.05, 4.69) is 43.5 Å². The molecule has 1 amide bonds. The highest BCUT2D eigenvalue weighted by Gasteiger charge is 2.18. The van der Waals surface area contributed by atoms with Gasteiger partial charge in [-0.25, -0.2) is 0 Å². The molecule has 6 nitrogen and oxygen atoms in total. The Morgan fingerprint density at radius 1 is 0.435 bits per heavy atom. The summed E-state index contributed by atoms with van der Waals surface area (Å²) in [5.41, 5.74) is 0. The number of carbonyl (C=O) groups is 2. The number of nitrogens with one attached hydrogen (secondary N) is 1. The standard InChI is InChI=1S/C56H105NO5/c1-3-5-7-9-11-13-15-29-32-36-40-44-48-54(59)53(52-58)57-55(60)49-45-41-37-33-30-26-24-22-20-18-16-17-19-21-23-25-27-31-35-39-43-47-51-62-56(61)50-46-42-38-34-28-14-12-10-8-6-4-2/h10,12,18,20,44,48,53-54,58-59H,3-9,11,13-17,19,21-43,45-47,49-52H2,1-2H3,(H,57,60)/b12-10-,20-18-,48-44+. The van der Waals surface area contributed by atoms with E-state index in [0.29, 0.717) is 19.4 Å². The van der Waals surface area contributed by atoms with Gasteiger partial charge in [0.05, 0.1) is 25.4 Å². The summed E-state index contributed by atoms with van der Waals surface area (Å²) in [6.45, 7) is 4.85. The molecule has 3 N–H and O–H groups in total. The molecule has 0 aliphatic heterocycles. The van der Waals surface area contributed by atoms with Crippen LogP contribution in [-0.4, -0.2) is 47.4 Å². The molecule has 6 heteroatoms. The molecule has 0 aromatic carbocycles. The van der Waals surface area contributed by atoms with Crippen molar-refractivity contribution in [1.29, 1.82) is 0 Å². The number of esters is 1. The Hall–Kier alpha value is -1.92. The molecular formula is C56H105NO5. The minimum atomic E-state index is -0.847. The zero-order valence-corrected chi connectivity index (χ0v) is 41.4. The number of carbonyl (C=O) groups excluding carboxylic acids is 2. The van der Waals surface area contributed by atoms with Gasteiger partial charge < -0.3 is 20.3 Å². The van der Waals surface area contributed by atoms with Gasteiger partial charge in [-0.1, -0.05) is 230 Å². The lowest BCUT2D eigenvalue weighted by Gasteiger charge is -2.20. The van der Waals surface area contributed by atoms with Gasteiger partial charge in [0.1, 0.15) is 0 Å². The predicted octanol–water partition coefficient (Wildman–Crippen LogP) is 16.5. The zero-order valence-electron chi connectivity index (χ0n) is 41.4. The Labute approximate surface area is 385 Å². The second-order valence-corrected chi connectivity index (χ2v) is 18.5. The molecule has 364 valence electrons. The maximum Gasteiger partial charge on any atom is 0.305 e. The van der Waals surface area contributed by atoms with E-state index in [1.807, 2.05) is 6.08 Å². The Morgan fingerprint density at radius 2 is 0.774 bits per heavy atom. The summed E-state index contributed by atoms with van der Waals surface area (Å²) >= 11 is 0. The van der Waals surface area contributed by atoms with Gasteiger partial charge in [0, 0.05) is 12.8 Å². The van der Waals surface area contributed by atoms with Gasteiger partial charge in [-0.3, -0.25) is 9.59 Å². The van der Waals surface area contributed by atoms with Gasteiger partial charge >= 0.3 is 5.97 Å². The first kappa shape index (κ1) is 60.1. The third kappa shape index (κ3) is 47.6. The summed E-state index contributed by atoms with van der Waals surface area (Å²) in [4.78, 5) is 24.4. The quantitative estimate of drug-likeness (QED) is 0.0321. The van der Waals surface area contributed by atoms with Crippen LogP contribution in [0.25, 0.3) is 0 Å². The van der Waals surface area contributed by atoms with Crippen LogP contribution in [0.15, 0.2) is 36.5 Å². The van der Waals surface area contributed by atoms with Gasteiger partial charge in [0.25, 0.3) is 0 Å². The molecule has 0 aliphatic carbocycles. The molecule has 2 atom stereocenters. The number of hydrogen-bond acceptors (Lipinski definition) is 5. The van der Waals surface area contributed by atoms with Crippen molar-refractivity contribution in [1.82, 2.24) is 5.32 Å². The van der Waals surface area contributed by atoms with Crippen LogP contribution >= 0.6 is 0 Å². The Kier molecular flexibility index (Phi) is 50.1. The van der Waals surface area contributed by atoms with Gasteiger partial charge in [-0.2, -0.15) is 0 Å². The van der Waals surface area contributed by atoms with Crippen LogP contribution in [0.2, 0.25) is 0 Å². The van der Waals surface area contributed by atoms with E-state index >= 15 is 0 Å². The molecule has 0 saturated carbocycles. The molecule has 0 spiro atoms. The van der Waals surface area contributed by atoms with Crippen LogP contribution in [0.1, 0.15) is 284 Å². The SMILES string of the molecule is CCCC/C=C\CCCCCCCC(=O)OCCCCCCCCCCCCC/C=C\CCCCCCCCCC(=O)NC(CO)C(O)/C=C/CCCCCCCCCCCC. The second kappa shape index (κ2) is 51.7. The first-order chi connectivity index (χ1) is 30.5. The molecule has 2 unspecified atom stereocenters. The monoisotopic (exact) mass is 872 g/mol. The van der Waals surface area contributed by atoms with E-state index in [-0.39, 0.29) is 18.5 Å². The lowest BCUT2D eigenvalue weighted by molar-refractivity contribution is -0.143. The van der Waals surface area contributed by atoms with Crippen molar-refractivity contribution in [3.05, 3.63) is 36.5 Å². The smallest absolute Gasteiger partial charge is 0.305 e. The van der Waals surface area contributed by atoms with Crippen molar-refractivity contribution in [2.45, 2.75) is 296 Å². The van der Waals surface area contributed by atoms with Gasteiger partial charge in [-0.05, 0) is 77.0 Å². The van der Waals surface area contributed by atoms with Gasteiger partial charge in [-0.15, -0.1) is 0 Å². The molecule has 0 bridgehead atoms. The number of aliphatic hydroxyl groups is 2. The fraction of sp³-hybridized carbons (Fsp3) is 0.857. The first-order valence-corrected chi connectivity index (χ1v) is 27.3. The fourth-order valence-corrected chi connectivity index (χ4v) is 8.14. The van der Waals surface area contributed by atoms with E-state index in [4.69, 9.17) is 4.74 Å². The molecule has 0 rings (SSSR count). The van der Waals surface area contributed by atoms with E-state index < -0.39 is 12.1 Å². The fourth-order valence-electron chi connectivity index (χ4n) is 8.14. The average Bonchev–Trinajstić information content (AvgIpc) is 3.27. The number of allylic oxidation sites excluding steroid dienone is 5. The number of hydrogen-bond donors (Lipinski definition) is 3. The number of aliphatic hydroxyl groups excluding tert-OH is 2. The molecule has 0 aromatic rings. The van der Waals surface area contributed by atoms with Crippen molar-refractivity contribution < 1.29 is 24.5 Å². The van der Waals surface area contributed by atoms with Crippen LogP contribution in [0.4, 0.5) is 0 Å². The summed E-state index contributed by atoms with van der Waals surface area (Å²) in [6.07, 6.45) is 63.0. The Morgan fingerprint density at radius 3 is 1.19 bits per heavy atom. The van der Waals surface area contributed by atoms with Crippen LogP contribution in [-0.2, 0) is 14.3 Å². The summed E-state index contributed by atoms with van der Waals surface area (Å²) in [7, 11) is 0. The van der Waals surface area contributed by atoms with Crippen molar-refractivity contribution in [2.24, 2.45) is 0 Å². The molecular weight excluding hydrogens is 767 g/mol. The maximum atomic E-state index is 12.4. The first-order valence-electron chi connectivity index (χ1n) is 27.3. The van der Waals surface area contributed by atoms with E-state index in [1.165, 1.54) is 205 Å².